The fourth-order valence-corrected chi connectivity index (χ4v) is 3.46. The fraction of sp³-hybridized carbons (Fsp3) is 0.0435. The lowest BCUT2D eigenvalue weighted by molar-refractivity contribution is 0.100. The van der Waals surface area contributed by atoms with E-state index in [0.717, 1.165) is 0 Å². The second-order valence-electron chi connectivity index (χ2n) is 5.88. The Hall–Kier alpha value is -2.68. The number of carbonyl (C=O) groups is 2. The van der Waals surface area contributed by atoms with Crippen molar-refractivity contribution in [1.29, 1.82) is 0 Å². The zero-order valence-corrected chi connectivity index (χ0v) is 15.8. The van der Waals surface area contributed by atoms with Crippen LogP contribution in [-0.2, 0) is 0 Å². The molecule has 3 rings (SSSR count). The largest absolute Gasteiger partial charge is 0.292 e. The van der Waals surface area contributed by atoms with E-state index in [1.807, 2.05) is 30.3 Å². The van der Waals surface area contributed by atoms with E-state index in [2.05, 4.69) is 0 Å². The van der Waals surface area contributed by atoms with Gasteiger partial charge in [0.1, 0.15) is 5.38 Å². The average Bonchev–Trinajstić information content (AvgIpc) is 2.74. The maximum atomic E-state index is 12.9. The molecule has 0 radical (unpaired) electrons. The van der Waals surface area contributed by atoms with Crippen molar-refractivity contribution in [3.05, 3.63) is 113 Å². The Bertz CT molecular complexity index is 965. The van der Waals surface area contributed by atoms with E-state index in [-0.39, 0.29) is 16.6 Å². The molecule has 0 saturated carbocycles. The molecule has 0 N–H and O–H groups in total. The van der Waals surface area contributed by atoms with Gasteiger partial charge in [-0.3, -0.25) is 9.59 Å². The zero-order valence-electron chi connectivity index (χ0n) is 14.3. The zero-order chi connectivity index (χ0) is 19.2. The van der Waals surface area contributed by atoms with Crippen LogP contribution >= 0.6 is 23.2 Å². The van der Waals surface area contributed by atoms with Crippen LogP contribution in [0.4, 0.5) is 0 Å². The van der Waals surface area contributed by atoms with Gasteiger partial charge in [0.05, 0.1) is 5.03 Å². The van der Waals surface area contributed by atoms with Crippen LogP contribution in [0.25, 0.3) is 5.57 Å². The molecule has 0 bridgehead atoms. The number of Topliss-reactive ketones (excluding diaryl/α,β-unsaturated/α-hetero) is 2. The Kier molecular flexibility index (Phi) is 6.23. The molecule has 27 heavy (non-hydrogen) atoms. The number of benzene rings is 3. The Morgan fingerprint density at radius 2 is 1.04 bits per heavy atom. The number of ketones is 2. The van der Waals surface area contributed by atoms with Crippen molar-refractivity contribution in [2.75, 3.05) is 0 Å². The first kappa shape index (κ1) is 19.1. The van der Waals surface area contributed by atoms with Gasteiger partial charge >= 0.3 is 0 Å². The van der Waals surface area contributed by atoms with Crippen LogP contribution in [0.2, 0.25) is 0 Å². The maximum absolute atomic E-state index is 12.9. The smallest absolute Gasteiger partial charge is 0.204 e. The molecule has 134 valence electrons. The van der Waals surface area contributed by atoms with Gasteiger partial charge in [-0.2, -0.15) is 0 Å². The SMILES string of the molecule is O=C(/C(Cl)=C(/c1ccccc1)C(Cl)C(=O)c1ccccc1)c1ccccc1. The summed E-state index contributed by atoms with van der Waals surface area (Å²) in [5.74, 6) is -0.683. The molecule has 0 saturated heterocycles. The molecule has 0 aromatic heterocycles. The van der Waals surface area contributed by atoms with E-state index in [1.54, 1.807) is 60.7 Å². The van der Waals surface area contributed by atoms with Crippen LogP contribution in [0.1, 0.15) is 26.3 Å². The second kappa shape index (κ2) is 8.81. The number of alkyl halides is 1. The first-order chi connectivity index (χ1) is 13.1. The van der Waals surface area contributed by atoms with Gasteiger partial charge in [0.25, 0.3) is 0 Å². The molecule has 0 spiro atoms. The van der Waals surface area contributed by atoms with Crippen molar-refractivity contribution in [3.63, 3.8) is 0 Å². The van der Waals surface area contributed by atoms with Gasteiger partial charge in [0.2, 0.25) is 5.78 Å². The summed E-state index contributed by atoms with van der Waals surface area (Å²) in [5.41, 5.74) is 1.84. The van der Waals surface area contributed by atoms with Crippen LogP contribution < -0.4 is 0 Å². The number of hydrogen-bond acceptors (Lipinski definition) is 2. The summed E-state index contributed by atoms with van der Waals surface area (Å²) in [5, 5.41) is -1.15. The first-order valence-corrected chi connectivity index (χ1v) is 9.19. The highest BCUT2D eigenvalue weighted by Crippen LogP contribution is 2.32. The molecule has 0 heterocycles. The van der Waals surface area contributed by atoms with Crippen molar-refractivity contribution in [2.24, 2.45) is 0 Å². The highest BCUT2D eigenvalue weighted by Gasteiger charge is 2.28. The standard InChI is InChI=1S/C23H16Cl2O2/c24-20(22(26)17-12-6-2-7-13-17)19(16-10-4-1-5-11-16)21(25)23(27)18-14-8-3-9-15-18/h1-15,20H/b21-19+. The molecule has 0 aliphatic rings. The van der Waals surface area contributed by atoms with E-state index in [4.69, 9.17) is 23.2 Å². The van der Waals surface area contributed by atoms with Crippen molar-refractivity contribution in [1.82, 2.24) is 0 Å². The summed E-state index contributed by atoms with van der Waals surface area (Å²) in [7, 11) is 0. The molecule has 0 aliphatic heterocycles. The van der Waals surface area contributed by atoms with Gasteiger partial charge in [0, 0.05) is 16.7 Å². The van der Waals surface area contributed by atoms with Gasteiger partial charge in [0.15, 0.2) is 5.78 Å². The summed E-state index contributed by atoms with van der Waals surface area (Å²) < 4.78 is 0. The van der Waals surface area contributed by atoms with Gasteiger partial charge in [-0.05, 0) is 5.56 Å². The third-order valence-electron chi connectivity index (χ3n) is 4.10. The number of carbonyl (C=O) groups excluding carboxylic acids is 2. The summed E-state index contributed by atoms with van der Waals surface area (Å²) in [6, 6.07) is 26.4. The molecule has 4 heteroatoms. The van der Waals surface area contributed by atoms with Crippen molar-refractivity contribution >= 4 is 40.3 Å². The fourth-order valence-electron chi connectivity index (χ4n) is 2.72. The molecular formula is C23H16Cl2O2. The molecular weight excluding hydrogens is 379 g/mol. The minimum Gasteiger partial charge on any atom is -0.292 e. The van der Waals surface area contributed by atoms with Crippen LogP contribution in [0.5, 0.6) is 0 Å². The molecule has 3 aromatic carbocycles. The summed E-state index contributed by atoms with van der Waals surface area (Å²) in [4.78, 5) is 25.8. The monoisotopic (exact) mass is 394 g/mol. The third-order valence-corrected chi connectivity index (χ3v) is 4.89. The van der Waals surface area contributed by atoms with Crippen LogP contribution in [0, 0.1) is 0 Å². The Labute approximate surface area is 168 Å². The molecule has 1 atom stereocenters. The van der Waals surface area contributed by atoms with E-state index >= 15 is 0 Å². The number of allylic oxidation sites excluding steroid dienone is 2. The average molecular weight is 395 g/mol. The summed E-state index contributed by atoms with van der Waals surface area (Å²) in [6.45, 7) is 0. The van der Waals surface area contributed by atoms with Crippen LogP contribution in [0.3, 0.4) is 0 Å². The topological polar surface area (TPSA) is 34.1 Å². The molecule has 1 unspecified atom stereocenters. The normalized spacial score (nSPS) is 12.8. The van der Waals surface area contributed by atoms with Crippen molar-refractivity contribution in [3.8, 4) is 0 Å². The highest BCUT2D eigenvalue weighted by atomic mass is 35.5. The van der Waals surface area contributed by atoms with Crippen molar-refractivity contribution < 1.29 is 9.59 Å². The van der Waals surface area contributed by atoms with E-state index < -0.39 is 5.38 Å². The molecule has 0 fully saturated rings. The number of rotatable bonds is 6. The van der Waals surface area contributed by atoms with Gasteiger partial charge < -0.3 is 0 Å². The van der Waals surface area contributed by atoms with Crippen molar-refractivity contribution in [2.45, 2.75) is 5.38 Å². The Morgan fingerprint density at radius 3 is 1.52 bits per heavy atom. The van der Waals surface area contributed by atoms with Gasteiger partial charge in [-0.15, -0.1) is 11.6 Å². The maximum Gasteiger partial charge on any atom is 0.204 e. The highest BCUT2D eigenvalue weighted by molar-refractivity contribution is 6.51. The molecule has 0 aliphatic carbocycles. The van der Waals surface area contributed by atoms with Gasteiger partial charge in [-0.1, -0.05) is 103 Å². The molecule has 2 nitrogen and oxygen atoms in total. The predicted octanol–water partition coefficient (Wildman–Crippen LogP) is 6.01. The predicted molar refractivity (Wildman–Crippen MR) is 110 cm³/mol. The lowest BCUT2D eigenvalue weighted by Gasteiger charge is -2.16. The molecule has 0 amide bonds. The van der Waals surface area contributed by atoms with Crippen LogP contribution in [0.15, 0.2) is 96.0 Å². The third kappa shape index (κ3) is 4.36. The number of hydrogen-bond donors (Lipinski definition) is 0. The van der Waals surface area contributed by atoms with E-state index in [0.29, 0.717) is 22.3 Å². The van der Waals surface area contributed by atoms with E-state index in [9.17, 15) is 9.59 Å². The Balaban J connectivity index is 2.09. The van der Waals surface area contributed by atoms with Gasteiger partial charge in [-0.25, -0.2) is 0 Å². The Morgan fingerprint density at radius 1 is 0.630 bits per heavy atom. The minimum atomic E-state index is -1.09. The number of halogens is 2. The quantitative estimate of drug-likeness (QED) is 0.291. The molecule has 3 aromatic rings. The summed E-state index contributed by atoms with van der Waals surface area (Å²) in [6.07, 6.45) is 0. The minimum absolute atomic E-state index is 0.0586. The van der Waals surface area contributed by atoms with Crippen LogP contribution in [-0.4, -0.2) is 16.9 Å². The lowest BCUT2D eigenvalue weighted by atomic mass is 9.94. The summed E-state index contributed by atoms with van der Waals surface area (Å²) >= 11 is 13.0. The lowest BCUT2D eigenvalue weighted by Crippen LogP contribution is -2.19. The first-order valence-electron chi connectivity index (χ1n) is 8.37. The second-order valence-corrected chi connectivity index (χ2v) is 6.70. The van der Waals surface area contributed by atoms with E-state index in [1.165, 1.54) is 0 Å².